The molecule has 1 aromatic heterocycles. The molecule has 0 unspecified atom stereocenters. The Labute approximate surface area is 160 Å². The number of Topliss-reactive ketones (excluding diaryl/α,β-unsaturated/α-hetero) is 1. The van der Waals surface area contributed by atoms with Gasteiger partial charge in [0, 0.05) is 27.1 Å². The van der Waals surface area contributed by atoms with Gasteiger partial charge in [0.05, 0.1) is 6.54 Å². The SMILES string of the molecule is Cc1cc(C(=O)CN2C(=O)NC(C)(C)C2=O)c(C)n1-c1cccc(Br)c1. The first-order valence-electron chi connectivity index (χ1n) is 8.24. The molecule has 0 bridgehead atoms. The molecular formula is C19H20BrN3O3. The Hall–Kier alpha value is -2.41. The third-order valence-corrected chi connectivity index (χ3v) is 5.04. The summed E-state index contributed by atoms with van der Waals surface area (Å²) < 4.78 is 2.92. The maximum Gasteiger partial charge on any atom is 0.325 e. The number of imide groups is 1. The summed E-state index contributed by atoms with van der Waals surface area (Å²) in [5, 5.41) is 2.59. The van der Waals surface area contributed by atoms with E-state index in [2.05, 4.69) is 21.2 Å². The predicted molar refractivity (Wildman–Crippen MR) is 102 cm³/mol. The molecule has 1 fully saturated rings. The van der Waals surface area contributed by atoms with Crippen molar-refractivity contribution in [3.63, 3.8) is 0 Å². The zero-order valence-corrected chi connectivity index (χ0v) is 16.7. The third kappa shape index (κ3) is 3.07. The largest absolute Gasteiger partial charge is 0.325 e. The van der Waals surface area contributed by atoms with Crippen molar-refractivity contribution in [2.45, 2.75) is 33.2 Å². The van der Waals surface area contributed by atoms with E-state index in [0.29, 0.717) is 5.56 Å². The average molecular weight is 418 g/mol. The Balaban J connectivity index is 1.91. The van der Waals surface area contributed by atoms with Gasteiger partial charge in [-0.05, 0) is 52.0 Å². The van der Waals surface area contributed by atoms with E-state index in [1.165, 1.54) is 0 Å². The number of carbonyl (C=O) groups excluding carboxylic acids is 3. The van der Waals surface area contributed by atoms with E-state index >= 15 is 0 Å². The van der Waals surface area contributed by atoms with E-state index < -0.39 is 17.5 Å². The van der Waals surface area contributed by atoms with Crippen LogP contribution in [0.1, 0.15) is 35.6 Å². The number of hydrogen-bond donors (Lipinski definition) is 1. The minimum atomic E-state index is -0.982. The summed E-state index contributed by atoms with van der Waals surface area (Å²) in [7, 11) is 0. The number of ketones is 1. The van der Waals surface area contributed by atoms with Gasteiger partial charge in [0.1, 0.15) is 5.54 Å². The highest BCUT2D eigenvalue weighted by Gasteiger charge is 2.45. The summed E-state index contributed by atoms with van der Waals surface area (Å²) in [4.78, 5) is 38.1. The molecule has 3 amide bonds. The molecule has 1 aromatic carbocycles. The fraction of sp³-hybridized carbons (Fsp3) is 0.316. The highest BCUT2D eigenvalue weighted by molar-refractivity contribution is 9.10. The third-order valence-electron chi connectivity index (χ3n) is 4.54. The first kappa shape index (κ1) is 18.4. The summed E-state index contributed by atoms with van der Waals surface area (Å²) in [5.41, 5.74) is 2.14. The van der Waals surface area contributed by atoms with E-state index in [1.54, 1.807) is 19.9 Å². The maximum atomic E-state index is 12.8. The number of nitrogens with zero attached hydrogens (tertiary/aromatic N) is 2. The molecule has 2 heterocycles. The number of halogens is 1. The lowest BCUT2D eigenvalue weighted by Crippen LogP contribution is -2.41. The summed E-state index contributed by atoms with van der Waals surface area (Å²) in [6.07, 6.45) is 0. The Morgan fingerprint density at radius 2 is 1.88 bits per heavy atom. The lowest BCUT2D eigenvalue weighted by Gasteiger charge is -2.15. The number of amides is 3. The molecule has 136 valence electrons. The maximum absolute atomic E-state index is 12.8. The van der Waals surface area contributed by atoms with Crippen molar-refractivity contribution < 1.29 is 14.4 Å². The van der Waals surface area contributed by atoms with Crippen LogP contribution in [0, 0.1) is 13.8 Å². The minimum absolute atomic E-state index is 0.263. The van der Waals surface area contributed by atoms with Crippen LogP contribution in [0.2, 0.25) is 0 Å². The smallest absolute Gasteiger partial charge is 0.324 e. The van der Waals surface area contributed by atoms with Crippen LogP contribution >= 0.6 is 15.9 Å². The van der Waals surface area contributed by atoms with Crippen LogP contribution in [0.5, 0.6) is 0 Å². The van der Waals surface area contributed by atoms with Crippen molar-refractivity contribution in [3.8, 4) is 5.69 Å². The van der Waals surface area contributed by atoms with Crippen LogP contribution in [0.25, 0.3) is 5.69 Å². The Morgan fingerprint density at radius 3 is 2.46 bits per heavy atom. The van der Waals surface area contributed by atoms with Gasteiger partial charge in [-0.25, -0.2) is 4.79 Å². The fourth-order valence-electron chi connectivity index (χ4n) is 3.25. The highest BCUT2D eigenvalue weighted by atomic mass is 79.9. The van der Waals surface area contributed by atoms with Gasteiger partial charge in [-0.2, -0.15) is 0 Å². The van der Waals surface area contributed by atoms with Crippen molar-refractivity contribution >= 4 is 33.7 Å². The van der Waals surface area contributed by atoms with Gasteiger partial charge in [0.2, 0.25) is 0 Å². The Bertz CT molecular complexity index is 930. The molecule has 6 nitrogen and oxygen atoms in total. The Morgan fingerprint density at radius 1 is 1.19 bits per heavy atom. The minimum Gasteiger partial charge on any atom is -0.324 e. The molecule has 7 heteroatoms. The molecule has 1 saturated heterocycles. The molecule has 26 heavy (non-hydrogen) atoms. The number of hydrogen-bond acceptors (Lipinski definition) is 3. The van der Waals surface area contributed by atoms with Crippen molar-refractivity contribution in [3.05, 3.63) is 51.8 Å². The molecule has 1 aliphatic heterocycles. The monoisotopic (exact) mass is 417 g/mol. The van der Waals surface area contributed by atoms with Gasteiger partial charge in [-0.1, -0.05) is 22.0 Å². The zero-order valence-electron chi connectivity index (χ0n) is 15.1. The zero-order chi connectivity index (χ0) is 19.2. The van der Waals surface area contributed by atoms with Gasteiger partial charge in [0.15, 0.2) is 5.78 Å². The van der Waals surface area contributed by atoms with Crippen molar-refractivity contribution in [2.75, 3.05) is 6.54 Å². The molecule has 3 rings (SSSR count). The predicted octanol–water partition coefficient (Wildman–Crippen LogP) is 3.37. The Kier molecular flexibility index (Phi) is 4.52. The molecule has 0 atom stereocenters. The second-order valence-corrected chi connectivity index (χ2v) is 7.89. The standard InChI is InChI=1S/C19H20BrN3O3/c1-11-8-15(12(2)23(11)14-7-5-6-13(20)9-14)16(24)10-22-17(25)19(3,4)21-18(22)26/h5-9H,10H2,1-4H3,(H,21,26). The molecule has 0 saturated carbocycles. The summed E-state index contributed by atoms with van der Waals surface area (Å²) in [6, 6.07) is 9.04. The molecule has 0 radical (unpaired) electrons. The van der Waals surface area contributed by atoms with Gasteiger partial charge in [-0.3, -0.25) is 14.5 Å². The molecule has 1 aliphatic rings. The van der Waals surface area contributed by atoms with E-state index in [4.69, 9.17) is 0 Å². The number of nitrogens with one attached hydrogen (secondary N) is 1. The number of benzene rings is 1. The van der Waals surface area contributed by atoms with Crippen LogP contribution in [0.4, 0.5) is 4.79 Å². The van der Waals surface area contributed by atoms with E-state index in [9.17, 15) is 14.4 Å². The number of urea groups is 1. The van der Waals surface area contributed by atoms with Crippen molar-refractivity contribution in [1.82, 2.24) is 14.8 Å². The van der Waals surface area contributed by atoms with Gasteiger partial charge in [-0.15, -0.1) is 0 Å². The van der Waals surface area contributed by atoms with Crippen molar-refractivity contribution in [2.24, 2.45) is 0 Å². The quantitative estimate of drug-likeness (QED) is 0.612. The van der Waals surface area contributed by atoms with E-state index in [0.717, 1.165) is 26.4 Å². The van der Waals surface area contributed by atoms with Gasteiger partial charge >= 0.3 is 6.03 Å². The van der Waals surface area contributed by atoms with E-state index in [-0.39, 0.29) is 12.3 Å². The number of aromatic nitrogens is 1. The average Bonchev–Trinajstić information content (AvgIpc) is 2.94. The molecule has 0 aliphatic carbocycles. The van der Waals surface area contributed by atoms with E-state index in [1.807, 2.05) is 42.7 Å². The summed E-state index contributed by atoms with van der Waals surface area (Å²) >= 11 is 3.46. The molecule has 2 aromatic rings. The lowest BCUT2D eigenvalue weighted by atomic mass is 10.1. The second-order valence-electron chi connectivity index (χ2n) is 6.97. The first-order valence-corrected chi connectivity index (χ1v) is 9.03. The van der Waals surface area contributed by atoms with Gasteiger partial charge < -0.3 is 9.88 Å². The molecular weight excluding hydrogens is 398 g/mol. The fourth-order valence-corrected chi connectivity index (χ4v) is 3.64. The first-order chi connectivity index (χ1) is 12.1. The highest BCUT2D eigenvalue weighted by Crippen LogP contribution is 2.24. The van der Waals surface area contributed by atoms with Crippen molar-refractivity contribution in [1.29, 1.82) is 0 Å². The lowest BCUT2D eigenvalue weighted by molar-refractivity contribution is -0.129. The molecule has 1 N–H and O–H groups in total. The van der Waals surface area contributed by atoms with Crippen LogP contribution in [0.15, 0.2) is 34.8 Å². The number of rotatable bonds is 4. The van der Waals surface area contributed by atoms with Crippen LogP contribution in [-0.4, -0.2) is 39.3 Å². The van der Waals surface area contributed by atoms with Crippen LogP contribution in [-0.2, 0) is 4.79 Å². The number of carbonyl (C=O) groups is 3. The topological polar surface area (TPSA) is 71.4 Å². The second kappa shape index (κ2) is 6.39. The summed E-state index contributed by atoms with van der Waals surface area (Å²) in [6.45, 7) is 6.75. The van der Waals surface area contributed by atoms with Crippen LogP contribution < -0.4 is 5.32 Å². The molecule has 0 spiro atoms. The van der Waals surface area contributed by atoms with Crippen LogP contribution in [0.3, 0.4) is 0 Å². The number of aryl methyl sites for hydroxylation is 1. The van der Waals surface area contributed by atoms with Gasteiger partial charge in [0.25, 0.3) is 5.91 Å². The summed E-state index contributed by atoms with van der Waals surface area (Å²) in [5.74, 6) is -0.655. The normalized spacial score (nSPS) is 16.1.